The van der Waals surface area contributed by atoms with Gasteiger partial charge in [-0.25, -0.2) is 21.6 Å². The van der Waals surface area contributed by atoms with E-state index in [9.17, 15) is 26.4 Å². The van der Waals surface area contributed by atoms with Gasteiger partial charge < -0.3 is 9.52 Å². The van der Waals surface area contributed by atoms with Crippen LogP contribution in [0.15, 0.2) is 49.3 Å². The van der Waals surface area contributed by atoms with Gasteiger partial charge in [0.25, 0.3) is 0 Å². The van der Waals surface area contributed by atoms with Gasteiger partial charge in [0.2, 0.25) is 5.43 Å². The number of fused-ring (bicyclic) bond motifs is 2. The Morgan fingerprint density at radius 3 is 2.15 bits per heavy atom. The Morgan fingerprint density at radius 2 is 1.62 bits per heavy atom. The SMILES string of the molecule is CS(=O)(=O)c1cc(S(C)(=O)=O)c2oc3ccc(C(=O)O)cc3c(=O)c2c1. The average molecular weight is 396 g/mol. The van der Waals surface area contributed by atoms with Gasteiger partial charge in [0.05, 0.1) is 21.2 Å². The predicted molar refractivity (Wildman–Crippen MR) is 93.2 cm³/mol. The Kier molecular flexibility index (Phi) is 3.93. The summed E-state index contributed by atoms with van der Waals surface area (Å²) in [4.78, 5) is 23.1. The van der Waals surface area contributed by atoms with Gasteiger partial charge in [0.15, 0.2) is 25.3 Å². The van der Waals surface area contributed by atoms with E-state index < -0.39 is 36.0 Å². The van der Waals surface area contributed by atoms with E-state index in [0.717, 1.165) is 30.7 Å². The fraction of sp³-hybridized carbons (Fsp3) is 0.125. The Balaban J connectivity index is 2.60. The van der Waals surface area contributed by atoms with Crippen LogP contribution in [0.4, 0.5) is 0 Å². The zero-order valence-electron chi connectivity index (χ0n) is 13.5. The summed E-state index contributed by atoms with van der Waals surface area (Å²) in [5, 5.41) is 8.70. The molecule has 2 aromatic carbocycles. The first-order valence-electron chi connectivity index (χ1n) is 7.07. The summed E-state index contributed by atoms with van der Waals surface area (Å²) in [5.41, 5.74) is -1.17. The molecule has 1 heterocycles. The molecular formula is C16H12O8S2. The van der Waals surface area contributed by atoms with Crippen LogP contribution in [0.2, 0.25) is 0 Å². The van der Waals surface area contributed by atoms with Gasteiger partial charge in [-0.2, -0.15) is 0 Å². The van der Waals surface area contributed by atoms with E-state index in [1.807, 2.05) is 0 Å². The lowest BCUT2D eigenvalue weighted by Gasteiger charge is -2.09. The van der Waals surface area contributed by atoms with E-state index in [4.69, 9.17) is 9.52 Å². The number of carboxylic acid groups (broad SMARTS) is 1. The van der Waals surface area contributed by atoms with Crippen LogP contribution in [0, 0.1) is 0 Å². The highest BCUT2D eigenvalue weighted by Crippen LogP contribution is 2.28. The zero-order valence-corrected chi connectivity index (χ0v) is 15.1. The van der Waals surface area contributed by atoms with Gasteiger partial charge >= 0.3 is 5.97 Å². The summed E-state index contributed by atoms with van der Waals surface area (Å²) in [6.07, 6.45) is 1.75. The largest absolute Gasteiger partial charge is 0.478 e. The molecule has 8 nitrogen and oxygen atoms in total. The smallest absolute Gasteiger partial charge is 0.335 e. The molecule has 0 spiro atoms. The van der Waals surface area contributed by atoms with Crippen LogP contribution < -0.4 is 5.43 Å². The lowest BCUT2D eigenvalue weighted by molar-refractivity contribution is 0.0697. The molecule has 3 aromatic rings. The number of hydrogen-bond acceptors (Lipinski definition) is 7. The molecule has 1 aromatic heterocycles. The number of rotatable bonds is 3. The third-order valence-electron chi connectivity index (χ3n) is 3.78. The maximum atomic E-state index is 12.8. The molecule has 0 aliphatic rings. The van der Waals surface area contributed by atoms with Gasteiger partial charge in [0.1, 0.15) is 10.5 Å². The van der Waals surface area contributed by atoms with Gasteiger partial charge in [-0.1, -0.05) is 0 Å². The lowest BCUT2D eigenvalue weighted by Crippen LogP contribution is -2.09. The van der Waals surface area contributed by atoms with E-state index >= 15 is 0 Å². The highest BCUT2D eigenvalue weighted by Gasteiger charge is 2.22. The highest BCUT2D eigenvalue weighted by atomic mass is 32.2. The van der Waals surface area contributed by atoms with Gasteiger partial charge in [-0.15, -0.1) is 0 Å². The maximum Gasteiger partial charge on any atom is 0.335 e. The van der Waals surface area contributed by atoms with Crippen LogP contribution in [-0.4, -0.2) is 40.4 Å². The maximum absolute atomic E-state index is 12.8. The van der Waals surface area contributed by atoms with Gasteiger partial charge in [-0.05, 0) is 30.3 Å². The topological polar surface area (TPSA) is 136 Å². The van der Waals surface area contributed by atoms with Crippen molar-refractivity contribution < 1.29 is 31.2 Å². The van der Waals surface area contributed by atoms with E-state index in [-0.39, 0.29) is 32.4 Å². The van der Waals surface area contributed by atoms with Crippen LogP contribution in [-0.2, 0) is 19.7 Å². The van der Waals surface area contributed by atoms with Crippen molar-refractivity contribution in [3.8, 4) is 0 Å². The molecule has 10 heteroatoms. The summed E-state index contributed by atoms with van der Waals surface area (Å²) in [7, 11) is -7.72. The van der Waals surface area contributed by atoms with E-state index in [1.165, 1.54) is 12.1 Å². The quantitative estimate of drug-likeness (QED) is 0.657. The van der Waals surface area contributed by atoms with Crippen LogP contribution in [0.25, 0.3) is 21.9 Å². The predicted octanol–water partition coefficient (Wildman–Crippen LogP) is 1.45. The molecule has 0 aliphatic heterocycles. The first-order valence-corrected chi connectivity index (χ1v) is 10.9. The minimum absolute atomic E-state index is 0.00972. The van der Waals surface area contributed by atoms with Crippen molar-refractivity contribution in [2.45, 2.75) is 9.79 Å². The lowest BCUT2D eigenvalue weighted by atomic mass is 10.1. The summed E-state index contributed by atoms with van der Waals surface area (Å²) >= 11 is 0. The summed E-state index contributed by atoms with van der Waals surface area (Å²) in [5.74, 6) is -1.26. The third-order valence-corrected chi connectivity index (χ3v) is 5.98. The summed E-state index contributed by atoms with van der Waals surface area (Å²) in [6, 6.07) is 5.52. The molecule has 0 unspecified atom stereocenters. The standard InChI is InChI=1S/C16H12O8S2/c1-25(20,21)9-6-11-14(17)10-5-8(16(18)19)3-4-12(10)24-15(11)13(7-9)26(2,22)23/h3-7H,1-2H3,(H,18,19). The minimum atomic E-state index is -3.91. The normalized spacial score (nSPS) is 12.5. The Morgan fingerprint density at radius 1 is 0.962 bits per heavy atom. The average Bonchev–Trinajstić information content (AvgIpc) is 2.52. The molecular weight excluding hydrogens is 384 g/mol. The molecule has 26 heavy (non-hydrogen) atoms. The fourth-order valence-corrected chi connectivity index (χ4v) is 4.09. The molecule has 0 bridgehead atoms. The fourth-order valence-electron chi connectivity index (χ4n) is 2.52. The number of sulfone groups is 2. The minimum Gasteiger partial charge on any atom is -0.478 e. The molecule has 0 fully saturated rings. The van der Waals surface area contributed by atoms with Crippen molar-refractivity contribution in [2.75, 3.05) is 12.5 Å². The van der Waals surface area contributed by atoms with Crippen molar-refractivity contribution in [2.24, 2.45) is 0 Å². The van der Waals surface area contributed by atoms with Crippen molar-refractivity contribution in [1.82, 2.24) is 0 Å². The first kappa shape index (κ1) is 18.1. The molecule has 3 rings (SSSR count). The van der Waals surface area contributed by atoms with Gasteiger partial charge in [0, 0.05) is 12.5 Å². The van der Waals surface area contributed by atoms with Crippen LogP contribution in [0.5, 0.6) is 0 Å². The van der Waals surface area contributed by atoms with Crippen LogP contribution >= 0.6 is 0 Å². The van der Waals surface area contributed by atoms with E-state index in [2.05, 4.69) is 0 Å². The third kappa shape index (κ3) is 2.97. The Labute approximate surface area is 147 Å². The second kappa shape index (κ2) is 5.64. The van der Waals surface area contributed by atoms with Crippen LogP contribution in [0.1, 0.15) is 10.4 Å². The molecule has 1 N–H and O–H groups in total. The van der Waals surface area contributed by atoms with Crippen LogP contribution in [0.3, 0.4) is 0 Å². The number of carbonyl (C=O) groups is 1. The molecule has 136 valence electrons. The number of benzene rings is 2. The molecule has 0 saturated carbocycles. The molecule has 0 saturated heterocycles. The second-order valence-corrected chi connectivity index (χ2v) is 9.79. The summed E-state index contributed by atoms with van der Waals surface area (Å²) < 4.78 is 53.4. The van der Waals surface area contributed by atoms with Crippen molar-refractivity contribution in [3.63, 3.8) is 0 Å². The van der Waals surface area contributed by atoms with E-state index in [1.54, 1.807) is 0 Å². The first-order chi connectivity index (χ1) is 11.9. The second-order valence-electron chi connectivity index (χ2n) is 5.79. The van der Waals surface area contributed by atoms with Gasteiger partial charge in [-0.3, -0.25) is 4.79 Å². The summed E-state index contributed by atoms with van der Waals surface area (Å²) in [6.45, 7) is 0. The Bertz CT molecular complexity index is 1360. The molecule has 0 aliphatic carbocycles. The number of hydrogen-bond donors (Lipinski definition) is 1. The highest BCUT2D eigenvalue weighted by molar-refractivity contribution is 7.91. The van der Waals surface area contributed by atoms with E-state index in [0.29, 0.717) is 0 Å². The Hall–Kier alpha value is -2.72. The monoisotopic (exact) mass is 396 g/mol. The molecule has 0 atom stereocenters. The molecule has 0 radical (unpaired) electrons. The van der Waals surface area contributed by atoms with Crippen molar-refractivity contribution in [3.05, 3.63) is 46.1 Å². The molecule has 0 amide bonds. The zero-order chi connectivity index (χ0) is 19.4. The number of aromatic carboxylic acids is 1. The van der Waals surface area contributed by atoms with Crippen molar-refractivity contribution >= 4 is 47.6 Å². The number of carboxylic acids is 1. The van der Waals surface area contributed by atoms with Crippen molar-refractivity contribution in [1.29, 1.82) is 0 Å².